The quantitative estimate of drug-likeness (QED) is 0.240. The zero-order valence-corrected chi connectivity index (χ0v) is 11.0. The van der Waals surface area contributed by atoms with E-state index >= 15 is 0 Å². The molecule has 1 aliphatic heterocycles. The van der Waals surface area contributed by atoms with E-state index in [2.05, 4.69) is 0 Å². The fourth-order valence-electron chi connectivity index (χ4n) is 1.92. The smallest absolute Gasteiger partial charge is 0.243 e. The van der Waals surface area contributed by atoms with E-state index in [1.807, 2.05) is 6.92 Å². The summed E-state index contributed by atoms with van der Waals surface area (Å²) in [6, 6.07) is 0. The van der Waals surface area contributed by atoms with Crippen LogP contribution in [0.1, 0.15) is 13.3 Å². The van der Waals surface area contributed by atoms with Crippen molar-refractivity contribution < 1.29 is 40.8 Å². The number of hydrogen-bond donors (Lipinski definition) is 0. The first-order valence-corrected chi connectivity index (χ1v) is 5.70. The van der Waals surface area contributed by atoms with Crippen molar-refractivity contribution in [1.29, 1.82) is 0 Å². The van der Waals surface area contributed by atoms with E-state index in [1.165, 1.54) is 12.3 Å². The van der Waals surface area contributed by atoms with Gasteiger partial charge in [-0.05, 0) is 5.46 Å². The molecule has 0 unspecified atom stereocenters. The molecule has 0 fully saturated rings. The Hall–Kier alpha value is -1.12. The summed E-state index contributed by atoms with van der Waals surface area (Å²) in [5.41, 5.74) is 0.0965. The van der Waals surface area contributed by atoms with E-state index in [-0.39, 0.29) is 18.9 Å². The molecule has 0 atom stereocenters. The molecule has 0 saturated carbocycles. The number of rotatable bonds is 2. The summed E-state index contributed by atoms with van der Waals surface area (Å²) in [6.45, 7) is 0.933. The standard InChI is InChI=1S/C13H9BF5.Li/c1-2-7-3-5-14(6-4-7)8-9(15)11(17)13(19)12(18)10(8)16;/h3-6H,2H2,1H3;/q-1;+1. The SMILES string of the molecule is CCC1=C[CH-]B(c2c(F)c(F)c(F)c(F)c2F)C=C1.[Li+]. The predicted molar refractivity (Wildman–Crippen MR) is 63.4 cm³/mol. The third-order valence-corrected chi connectivity index (χ3v) is 3.02. The molecule has 2 rings (SSSR count). The van der Waals surface area contributed by atoms with Crippen LogP contribution in [0.5, 0.6) is 0 Å². The van der Waals surface area contributed by atoms with Gasteiger partial charge in [0.25, 0.3) is 0 Å². The van der Waals surface area contributed by atoms with Crippen LogP contribution in [0.4, 0.5) is 22.0 Å². The van der Waals surface area contributed by atoms with Crippen molar-refractivity contribution in [2.24, 2.45) is 0 Å². The minimum Gasteiger partial charge on any atom is -0.243 e. The molecule has 0 radical (unpaired) electrons. The molecule has 0 aromatic heterocycles. The van der Waals surface area contributed by atoms with E-state index in [1.54, 1.807) is 12.2 Å². The second-order valence-electron chi connectivity index (χ2n) is 4.16. The monoisotopic (exact) mass is 278 g/mol. The normalized spacial score (nSPS) is 13.7. The Morgan fingerprint density at radius 1 is 0.950 bits per heavy atom. The number of benzene rings is 1. The molecule has 0 saturated heterocycles. The summed E-state index contributed by atoms with van der Waals surface area (Å²) < 4.78 is 66.2. The van der Waals surface area contributed by atoms with Gasteiger partial charge < -0.3 is 0 Å². The van der Waals surface area contributed by atoms with Crippen LogP contribution in [0.15, 0.2) is 23.7 Å². The van der Waals surface area contributed by atoms with Gasteiger partial charge in [0.1, 0.15) is 6.71 Å². The molecule has 0 amide bonds. The van der Waals surface area contributed by atoms with Gasteiger partial charge in [0.2, 0.25) is 0 Å². The molecule has 100 valence electrons. The van der Waals surface area contributed by atoms with Gasteiger partial charge in [-0.15, -0.1) is 5.98 Å². The fourth-order valence-corrected chi connectivity index (χ4v) is 1.92. The van der Waals surface area contributed by atoms with E-state index in [0.717, 1.165) is 12.0 Å². The molecule has 1 aromatic carbocycles. The van der Waals surface area contributed by atoms with Crippen molar-refractivity contribution in [3.63, 3.8) is 0 Å². The molecule has 7 heteroatoms. The Morgan fingerprint density at radius 2 is 1.45 bits per heavy atom. The van der Waals surface area contributed by atoms with Crippen molar-refractivity contribution in [3.8, 4) is 0 Å². The van der Waals surface area contributed by atoms with Crippen molar-refractivity contribution in [1.82, 2.24) is 0 Å². The number of allylic oxidation sites excluding steroid dienone is 3. The largest absolute Gasteiger partial charge is 1.00 e. The molecule has 0 aliphatic carbocycles. The third-order valence-electron chi connectivity index (χ3n) is 3.02. The summed E-state index contributed by atoms with van der Waals surface area (Å²) in [5.74, 6) is -8.12. The first-order chi connectivity index (χ1) is 8.97. The van der Waals surface area contributed by atoms with Crippen molar-refractivity contribution in [3.05, 3.63) is 59.1 Å². The summed E-state index contributed by atoms with van der Waals surface area (Å²) in [7, 11) is 0. The van der Waals surface area contributed by atoms with Crippen LogP contribution >= 0.6 is 0 Å². The van der Waals surface area contributed by atoms with Crippen molar-refractivity contribution >= 4 is 12.2 Å². The molecule has 0 nitrogen and oxygen atoms in total. The average molecular weight is 278 g/mol. The fraction of sp³-hybridized carbons (Fsp3) is 0.154. The molecule has 0 bridgehead atoms. The van der Waals surface area contributed by atoms with Crippen LogP contribution in [-0.2, 0) is 0 Å². The molecular formula is C13H9BF5Li. The van der Waals surface area contributed by atoms with Gasteiger partial charge in [0, 0.05) is 0 Å². The Morgan fingerprint density at radius 3 is 1.85 bits per heavy atom. The van der Waals surface area contributed by atoms with Gasteiger partial charge in [0.15, 0.2) is 29.1 Å². The molecule has 1 aliphatic rings. The van der Waals surface area contributed by atoms with Crippen molar-refractivity contribution in [2.75, 3.05) is 0 Å². The van der Waals surface area contributed by atoms with Crippen LogP contribution in [0.25, 0.3) is 0 Å². The molecule has 1 heterocycles. The summed E-state index contributed by atoms with van der Waals surface area (Å²) in [4.78, 5) is 0. The zero-order chi connectivity index (χ0) is 14.2. The van der Waals surface area contributed by atoms with Crippen LogP contribution < -0.4 is 24.3 Å². The Balaban J connectivity index is 0.00000200. The minimum atomic E-state index is -2.14. The maximum absolute atomic E-state index is 13.6. The Labute approximate surface area is 126 Å². The van der Waals surface area contributed by atoms with Crippen LogP contribution in [0.2, 0.25) is 0 Å². The first kappa shape index (κ1) is 16.9. The van der Waals surface area contributed by atoms with Gasteiger partial charge in [-0.1, -0.05) is 13.3 Å². The summed E-state index contributed by atoms with van der Waals surface area (Å²) >= 11 is 0. The van der Waals surface area contributed by atoms with Gasteiger partial charge in [-0.25, -0.2) is 34.3 Å². The molecule has 20 heavy (non-hydrogen) atoms. The van der Waals surface area contributed by atoms with Gasteiger partial charge in [-0.2, -0.15) is 11.6 Å². The minimum absolute atomic E-state index is 0. The van der Waals surface area contributed by atoms with E-state index < -0.39 is 41.3 Å². The average Bonchev–Trinajstić information content (AvgIpc) is 2.44. The Bertz CT molecular complexity index is 554. The second kappa shape index (κ2) is 6.56. The van der Waals surface area contributed by atoms with Gasteiger partial charge in [0.05, 0.1) is 0 Å². The van der Waals surface area contributed by atoms with Gasteiger partial charge >= 0.3 is 18.9 Å². The summed E-state index contributed by atoms with van der Waals surface area (Å²) in [5, 5.41) is 0. The van der Waals surface area contributed by atoms with E-state index in [0.29, 0.717) is 0 Å². The van der Waals surface area contributed by atoms with E-state index in [4.69, 9.17) is 0 Å². The first-order valence-electron chi connectivity index (χ1n) is 5.70. The Kier molecular flexibility index (Phi) is 5.55. The van der Waals surface area contributed by atoms with Crippen molar-refractivity contribution in [2.45, 2.75) is 13.3 Å². The predicted octanol–water partition coefficient (Wildman–Crippen LogP) is 0.277. The maximum atomic E-state index is 13.6. The van der Waals surface area contributed by atoms with E-state index in [9.17, 15) is 22.0 Å². The maximum Gasteiger partial charge on any atom is 1.00 e. The third kappa shape index (κ3) is 2.82. The van der Waals surface area contributed by atoms with Crippen LogP contribution in [0, 0.1) is 35.4 Å². The van der Waals surface area contributed by atoms with Gasteiger partial charge in [-0.3, -0.25) is 0 Å². The second-order valence-corrected chi connectivity index (χ2v) is 4.16. The number of hydrogen-bond acceptors (Lipinski definition) is 0. The summed E-state index contributed by atoms with van der Waals surface area (Å²) in [6.07, 6.45) is 5.36. The van der Waals surface area contributed by atoms with Crippen LogP contribution in [0.3, 0.4) is 0 Å². The topological polar surface area (TPSA) is 0 Å². The zero-order valence-electron chi connectivity index (χ0n) is 11.0. The molecule has 0 spiro atoms. The molecule has 0 N–H and O–H groups in total. The van der Waals surface area contributed by atoms with Crippen LogP contribution in [-0.4, -0.2) is 6.71 Å². The molecular weight excluding hydrogens is 269 g/mol. The molecule has 1 aromatic rings. The number of halogens is 5.